The number of carbonyl (C=O) groups is 1. The molecule has 1 aromatic heterocycles. The Hall–Kier alpha value is -1.72. The number of rotatable bonds is 5. The zero-order valence-corrected chi connectivity index (χ0v) is 13.1. The summed E-state index contributed by atoms with van der Waals surface area (Å²) in [7, 11) is 0. The number of carboxylic acids is 1. The lowest BCUT2D eigenvalue weighted by Gasteiger charge is -2.10. The third-order valence-corrected chi connectivity index (χ3v) is 3.78. The van der Waals surface area contributed by atoms with Gasteiger partial charge in [0.15, 0.2) is 0 Å². The summed E-state index contributed by atoms with van der Waals surface area (Å²) in [6.45, 7) is 4.67. The van der Waals surface area contributed by atoms with Crippen LogP contribution in [0.25, 0.3) is 0 Å². The van der Waals surface area contributed by atoms with Crippen LogP contribution in [-0.4, -0.2) is 20.9 Å². The van der Waals surface area contributed by atoms with E-state index in [2.05, 4.69) is 5.10 Å². The molecule has 1 aromatic carbocycles. The molecule has 0 aliphatic rings. The summed E-state index contributed by atoms with van der Waals surface area (Å²) in [6.07, 6.45) is 0. The molecule has 0 fully saturated rings. The van der Waals surface area contributed by atoms with Gasteiger partial charge in [0.2, 0.25) is 0 Å². The van der Waals surface area contributed by atoms with Gasteiger partial charge in [0, 0.05) is 6.54 Å². The lowest BCUT2D eigenvalue weighted by molar-refractivity contribution is 0.0697. The molecule has 0 radical (unpaired) electrons. The Morgan fingerprint density at radius 1 is 1.43 bits per heavy atom. The van der Waals surface area contributed by atoms with Crippen LogP contribution < -0.4 is 4.74 Å². The number of ether oxygens (including phenoxy) is 1. The van der Waals surface area contributed by atoms with Crippen molar-refractivity contribution in [3.63, 3.8) is 0 Å². The maximum absolute atomic E-state index is 10.8. The second-order valence-corrected chi connectivity index (χ2v) is 5.19. The van der Waals surface area contributed by atoms with Crippen LogP contribution in [0.15, 0.2) is 18.2 Å². The predicted octanol–water partition coefficient (Wildman–Crippen LogP) is 3.80. The van der Waals surface area contributed by atoms with Gasteiger partial charge in [-0.05, 0) is 32.0 Å². The van der Waals surface area contributed by atoms with E-state index >= 15 is 0 Å². The number of hydrogen-bond acceptors (Lipinski definition) is 3. The first-order valence-electron chi connectivity index (χ1n) is 6.31. The van der Waals surface area contributed by atoms with Crippen LogP contribution in [0.2, 0.25) is 10.0 Å². The van der Waals surface area contributed by atoms with Gasteiger partial charge in [-0.25, -0.2) is 4.79 Å². The number of aryl methyl sites for hydroxylation is 2. The average molecular weight is 329 g/mol. The Labute approximate surface area is 132 Å². The van der Waals surface area contributed by atoms with Gasteiger partial charge >= 0.3 is 5.97 Å². The predicted molar refractivity (Wildman–Crippen MR) is 80.4 cm³/mol. The van der Waals surface area contributed by atoms with E-state index in [1.165, 1.54) is 18.2 Å². The van der Waals surface area contributed by atoms with Crippen molar-refractivity contribution >= 4 is 29.2 Å². The minimum absolute atomic E-state index is 0.111. The second kappa shape index (κ2) is 6.37. The molecule has 0 spiro atoms. The third-order valence-electron chi connectivity index (χ3n) is 3.00. The van der Waals surface area contributed by atoms with E-state index < -0.39 is 5.97 Å². The SMILES string of the molecule is CCn1nc(C)c(Cl)c1COc1ccc(C(=O)O)cc1Cl. The van der Waals surface area contributed by atoms with Crippen molar-refractivity contribution in [2.45, 2.75) is 27.0 Å². The summed E-state index contributed by atoms with van der Waals surface area (Å²) >= 11 is 12.2. The van der Waals surface area contributed by atoms with E-state index in [0.717, 1.165) is 11.4 Å². The van der Waals surface area contributed by atoms with Crippen molar-refractivity contribution in [2.24, 2.45) is 0 Å². The standard InChI is InChI=1S/C14H14Cl2N2O3/c1-3-18-11(13(16)8(2)17-18)7-21-12-5-4-9(14(19)20)6-10(12)15/h4-6H,3,7H2,1-2H3,(H,19,20). The fourth-order valence-corrected chi connectivity index (χ4v) is 2.33. The van der Waals surface area contributed by atoms with E-state index in [4.69, 9.17) is 33.0 Å². The average Bonchev–Trinajstić information content (AvgIpc) is 2.72. The van der Waals surface area contributed by atoms with Crippen LogP contribution in [0.5, 0.6) is 5.75 Å². The molecule has 7 heteroatoms. The van der Waals surface area contributed by atoms with E-state index in [1.54, 1.807) is 4.68 Å². The summed E-state index contributed by atoms with van der Waals surface area (Å²) < 4.78 is 7.39. The van der Waals surface area contributed by atoms with Gasteiger partial charge in [-0.3, -0.25) is 4.68 Å². The van der Waals surface area contributed by atoms with Crippen LogP contribution in [0, 0.1) is 6.92 Å². The molecule has 2 rings (SSSR count). The largest absolute Gasteiger partial charge is 0.486 e. The molecule has 2 aromatic rings. The van der Waals surface area contributed by atoms with Crippen molar-refractivity contribution in [3.05, 3.63) is 45.2 Å². The Balaban J connectivity index is 2.19. The van der Waals surface area contributed by atoms with Gasteiger partial charge in [-0.15, -0.1) is 0 Å². The number of carboxylic acid groups (broad SMARTS) is 1. The molecule has 1 heterocycles. The molecule has 5 nitrogen and oxygen atoms in total. The topological polar surface area (TPSA) is 64.4 Å². The lowest BCUT2D eigenvalue weighted by atomic mass is 10.2. The Kier molecular flexibility index (Phi) is 4.75. The highest BCUT2D eigenvalue weighted by Gasteiger charge is 2.14. The number of halogens is 2. The number of nitrogens with zero attached hydrogens (tertiary/aromatic N) is 2. The fraction of sp³-hybridized carbons (Fsp3) is 0.286. The molecule has 0 aliphatic heterocycles. The second-order valence-electron chi connectivity index (χ2n) is 4.40. The first-order valence-corrected chi connectivity index (χ1v) is 7.07. The number of aromatic nitrogens is 2. The smallest absolute Gasteiger partial charge is 0.335 e. The molecule has 0 saturated carbocycles. The highest BCUT2D eigenvalue weighted by atomic mass is 35.5. The molecule has 0 unspecified atom stereocenters. The van der Waals surface area contributed by atoms with Crippen molar-refractivity contribution in [1.29, 1.82) is 0 Å². The summed E-state index contributed by atoms with van der Waals surface area (Å²) in [5, 5.41) is 14.0. The highest BCUT2D eigenvalue weighted by Crippen LogP contribution is 2.28. The summed E-state index contributed by atoms with van der Waals surface area (Å²) in [4.78, 5) is 10.8. The maximum Gasteiger partial charge on any atom is 0.335 e. The Morgan fingerprint density at radius 3 is 2.71 bits per heavy atom. The van der Waals surface area contributed by atoms with Crippen LogP contribution in [0.4, 0.5) is 0 Å². The van der Waals surface area contributed by atoms with Crippen LogP contribution in [-0.2, 0) is 13.2 Å². The molecule has 0 amide bonds. The first-order chi connectivity index (χ1) is 9.93. The van der Waals surface area contributed by atoms with E-state index in [0.29, 0.717) is 17.3 Å². The van der Waals surface area contributed by atoms with Gasteiger partial charge in [-0.1, -0.05) is 23.2 Å². The van der Waals surface area contributed by atoms with Gasteiger partial charge in [0.1, 0.15) is 12.4 Å². The van der Waals surface area contributed by atoms with Crippen LogP contribution in [0.1, 0.15) is 28.7 Å². The summed E-state index contributed by atoms with van der Waals surface area (Å²) in [5.74, 6) is -0.634. The fourth-order valence-electron chi connectivity index (χ4n) is 1.90. The summed E-state index contributed by atoms with van der Waals surface area (Å²) in [5.41, 5.74) is 1.61. The molecule has 1 N–H and O–H groups in total. The number of aromatic carboxylic acids is 1. The van der Waals surface area contributed by atoms with E-state index in [1.807, 2.05) is 13.8 Å². The zero-order chi connectivity index (χ0) is 15.6. The molecule has 0 bridgehead atoms. The van der Waals surface area contributed by atoms with Crippen molar-refractivity contribution in [1.82, 2.24) is 9.78 Å². The number of hydrogen-bond donors (Lipinski definition) is 1. The molecule has 112 valence electrons. The lowest BCUT2D eigenvalue weighted by Crippen LogP contribution is -2.07. The minimum Gasteiger partial charge on any atom is -0.486 e. The molecule has 0 saturated heterocycles. The molecular weight excluding hydrogens is 315 g/mol. The molecular formula is C14H14Cl2N2O3. The minimum atomic E-state index is -1.04. The number of benzene rings is 1. The van der Waals surface area contributed by atoms with Crippen molar-refractivity contribution < 1.29 is 14.6 Å². The normalized spacial score (nSPS) is 10.7. The maximum atomic E-state index is 10.8. The Morgan fingerprint density at radius 2 is 2.14 bits per heavy atom. The molecule has 0 aliphatic carbocycles. The van der Waals surface area contributed by atoms with Gasteiger partial charge < -0.3 is 9.84 Å². The van der Waals surface area contributed by atoms with Crippen LogP contribution >= 0.6 is 23.2 Å². The van der Waals surface area contributed by atoms with Crippen LogP contribution in [0.3, 0.4) is 0 Å². The Bertz CT molecular complexity index is 683. The zero-order valence-electron chi connectivity index (χ0n) is 11.6. The monoisotopic (exact) mass is 328 g/mol. The third kappa shape index (κ3) is 3.31. The van der Waals surface area contributed by atoms with Gasteiger partial charge in [-0.2, -0.15) is 5.10 Å². The van der Waals surface area contributed by atoms with Gasteiger partial charge in [0.05, 0.1) is 27.0 Å². The van der Waals surface area contributed by atoms with Crippen molar-refractivity contribution in [3.8, 4) is 5.75 Å². The quantitative estimate of drug-likeness (QED) is 0.906. The molecule has 21 heavy (non-hydrogen) atoms. The highest BCUT2D eigenvalue weighted by molar-refractivity contribution is 6.32. The summed E-state index contributed by atoms with van der Waals surface area (Å²) in [6, 6.07) is 4.32. The first kappa shape index (κ1) is 15.7. The van der Waals surface area contributed by atoms with E-state index in [-0.39, 0.29) is 17.2 Å². The van der Waals surface area contributed by atoms with E-state index in [9.17, 15) is 4.79 Å². The van der Waals surface area contributed by atoms with Gasteiger partial charge in [0.25, 0.3) is 0 Å². The van der Waals surface area contributed by atoms with Crippen molar-refractivity contribution in [2.75, 3.05) is 0 Å². The molecule has 0 atom stereocenters.